The van der Waals surface area contributed by atoms with Crippen molar-refractivity contribution in [3.63, 3.8) is 0 Å². The van der Waals surface area contributed by atoms with Crippen LogP contribution in [0.1, 0.15) is 192 Å². The second-order valence-corrected chi connectivity index (χ2v) is 22.5. The van der Waals surface area contributed by atoms with Gasteiger partial charge in [0.05, 0.1) is 0 Å². The number of phenols is 2. The van der Waals surface area contributed by atoms with Crippen LogP contribution in [-0.4, -0.2) is 26.1 Å². The van der Waals surface area contributed by atoms with Gasteiger partial charge in [-0.1, -0.05) is 13.8 Å². The van der Waals surface area contributed by atoms with Gasteiger partial charge in [-0.25, -0.2) is 0 Å². The van der Waals surface area contributed by atoms with Crippen molar-refractivity contribution < 1.29 is 24.5 Å². The first kappa shape index (κ1) is 48.5. The van der Waals surface area contributed by atoms with Crippen molar-refractivity contribution in [2.24, 2.45) is 0 Å². The van der Waals surface area contributed by atoms with Crippen LogP contribution in [-0.2, 0) is 28.2 Å². The Bertz CT molecular complexity index is 1740. The van der Waals surface area contributed by atoms with Crippen LogP contribution in [0.4, 0.5) is 0 Å². The van der Waals surface area contributed by atoms with Gasteiger partial charge < -0.3 is 0 Å². The molecule has 4 N–H and O–H groups in total. The zero-order chi connectivity index (χ0) is 43.3. The van der Waals surface area contributed by atoms with Crippen LogP contribution < -0.4 is 10.6 Å². The number of aryl methyl sites for hydroxylation is 2. The fraction of sp³-hybridized carbons (Fsp3) is 0.547. The molecule has 5 nitrogen and oxygen atoms in total. The van der Waals surface area contributed by atoms with Gasteiger partial charge >= 0.3 is 346 Å². The summed E-state index contributed by atoms with van der Waals surface area (Å²) in [5.74, 6) is -0.0501. The number of rotatable bonds is 23. The van der Waals surface area contributed by atoms with Crippen LogP contribution in [0.3, 0.4) is 0 Å². The quantitative estimate of drug-likeness (QED) is 0.0442. The Hall–Kier alpha value is -3.21. The van der Waals surface area contributed by atoms with Crippen LogP contribution in [0.2, 0.25) is 0 Å². The van der Waals surface area contributed by atoms with Gasteiger partial charge in [0.15, 0.2) is 0 Å². The van der Waals surface area contributed by atoms with E-state index < -0.39 is 19.3 Å². The zero-order valence-electron chi connectivity index (χ0n) is 38.2. The molecule has 0 radical (unpaired) electrons. The molecular weight excluding hydrogens is 748 g/mol. The predicted octanol–water partition coefficient (Wildman–Crippen LogP) is 13.7. The molecule has 1 atom stereocenters. The molecule has 0 fully saturated rings. The van der Waals surface area contributed by atoms with Crippen molar-refractivity contribution in [1.82, 2.24) is 0 Å². The summed E-state index contributed by atoms with van der Waals surface area (Å²) in [4.78, 5) is 26.4. The van der Waals surface area contributed by atoms with E-state index >= 15 is 0 Å². The van der Waals surface area contributed by atoms with Crippen LogP contribution in [0, 0.1) is 0 Å². The second kappa shape index (κ2) is 21.5. The standard InChI is InChI=1S/C53H79O5P/c1-10-12-14-16-18-20-22-24-41-26-32-45(33-27-41)59(56,57,46-34-28-42(29-35-46)25-23-21-19-17-15-13-11-2)58-40(3)51(43-30-36-49(54)47(38-43)52(4,5)6)44-31-37-50(55)48(39-44)53(7,8)9/h26-40,51,54-57H,10-25H2,1-9H3. The average Bonchev–Trinajstić information content (AvgIpc) is 3.18. The third-order valence-electron chi connectivity index (χ3n) is 12.2. The van der Waals surface area contributed by atoms with Crippen LogP contribution in [0.25, 0.3) is 0 Å². The van der Waals surface area contributed by atoms with Gasteiger partial charge in [0, 0.05) is 0 Å². The molecular formula is C53H79O5P. The minimum absolute atomic E-state index is 0.215. The Morgan fingerprint density at radius 3 is 1.17 bits per heavy atom. The van der Waals surface area contributed by atoms with Crippen LogP contribution in [0.15, 0.2) is 84.9 Å². The minimum atomic E-state index is -5.30. The SMILES string of the molecule is CCCCCCCCCc1ccc(P(O)(O)(OC(C)C(c2ccc(O)c(C(C)(C)C)c2)c2ccc(O)c(C(C)(C)C)c2)c2ccc(CCCCCCCCC)cc2)cc1. The van der Waals surface area contributed by atoms with Crippen LogP contribution >= 0.6 is 7.28 Å². The molecule has 4 aromatic carbocycles. The van der Waals surface area contributed by atoms with E-state index in [0.29, 0.717) is 10.6 Å². The summed E-state index contributed by atoms with van der Waals surface area (Å²) in [6, 6.07) is 26.9. The molecule has 0 aliphatic heterocycles. The van der Waals surface area contributed by atoms with Gasteiger partial charge in [0.2, 0.25) is 0 Å². The maximum atomic E-state index is 13.2. The van der Waals surface area contributed by atoms with Gasteiger partial charge in [-0.2, -0.15) is 0 Å². The van der Waals surface area contributed by atoms with Crippen molar-refractivity contribution in [1.29, 1.82) is 0 Å². The third-order valence-corrected chi connectivity index (χ3v) is 15.3. The van der Waals surface area contributed by atoms with Crippen molar-refractivity contribution in [3.8, 4) is 11.5 Å². The van der Waals surface area contributed by atoms with Gasteiger partial charge in [-0.15, -0.1) is 0 Å². The molecule has 6 heteroatoms. The molecule has 0 bridgehead atoms. The van der Waals surface area contributed by atoms with Crippen molar-refractivity contribution in [2.75, 3.05) is 0 Å². The molecule has 0 saturated carbocycles. The molecule has 0 spiro atoms. The van der Waals surface area contributed by atoms with Crippen molar-refractivity contribution >= 4 is 17.9 Å². The molecule has 326 valence electrons. The summed E-state index contributed by atoms with van der Waals surface area (Å²) < 4.78 is 6.97. The van der Waals surface area contributed by atoms with Gasteiger partial charge in [0.25, 0.3) is 0 Å². The van der Waals surface area contributed by atoms with Crippen molar-refractivity contribution in [3.05, 3.63) is 118 Å². The molecule has 0 aliphatic carbocycles. The summed E-state index contributed by atoms with van der Waals surface area (Å²) in [7, 11) is -5.30. The molecule has 59 heavy (non-hydrogen) atoms. The van der Waals surface area contributed by atoms with E-state index in [2.05, 4.69) is 55.4 Å². The number of benzene rings is 4. The zero-order valence-corrected chi connectivity index (χ0v) is 39.1. The first-order valence-corrected chi connectivity index (χ1v) is 25.0. The molecule has 0 aromatic heterocycles. The Balaban J connectivity index is 1.75. The Kier molecular flexibility index (Phi) is 17.7. The Morgan fingerprint density at radius 2 is 0.831 bits per heavy atom. The van der Waals surface area contributed by atoms with Gasteiger partial charge in [-0.05, 0) is 0 Å². The van der Waals surface area contributed by atoms with Crippen LogP contribution in [0.5, 0.6) is 11.5 Å². The van der Waals surface area contributed by atoms with E-state index in [9.17, 15) is 20.0 Å². The maximum absolute atomic E-state index is 13.2. The number of aromatic hydroxyl groups is 2. The Labute approximate surface area is 358 Å². The average molecular weight is 827 g/mol. The fourth-order valence-corrected chi connectivity index (χ4v) is 11.2. The third kappa shape index (κ3) is 13.4. The summed E-state index contributed by atoms with van der Waals surface area (Å²) in [6.07, 6.45) is 18.5. The normalized spacial score (nSPS) is 13.7. The van der Waals surface area contributed by atoms with Crippen molar-refractivity contribution in [2.45, 2.75) is 188 Å². The molecule has 1 unspecified atom stereocenters. The molecule has 0 heterocycles. The summed E-state index contributed by atoms with van der Waals surface area (Å²) in [5.41, 5.74) is 4.99. The first-order valence-electron chi connectivity index (χ1n) is 22.9. The first-order chi connectivity index (χ1) is 27.9. The molecule has 0 amide bonds. The predicted molar refractivity (Wildman–Crippen MR) is 253 cm³/mol. The fourth-order valence-electron chi connectivity index (χ4n) is 8.51. The van der Waals surface area contributed by atoms with Gasteiger partial charge in [-0.3, -0.25) is 0 Å². The van der Waals surface area contributed by atoms with E-state index in [-0.39, 0.29) is 22.3 Å². The molecule has 4 rings (SSSR count). The number of unbranched alkanes of at least 4 members (excludes halogenated alkanes) is 12. The summed E-state index contributed by atoms with van der Waals surface area (Å²) in [6.45, 7) is 18.8. The van der Waals surface area contributed by atoms with E-state index in [4.69, 9.17) is 4.52 Å². The molecule has 0 saturated heterocycles. The molecule has 0 aliphatic rings. The van der Waals surface area contributed by atoms with Gasteiger partial charge in [0.1, 0.15) is 0 Å². The molecule has 4 aromatic rings. The number of hydrogen-bond acceptors (Lipinski definition) is 5. The monoisotopic (exact) mass is 827 g/mol. The Morgan fingerprint density at radius 1 is 0.492 bits per heavy atom. The summed E-state index contributed by atoms with van der Waals surface area (Å²) in [5, 5.41) is 22.7. The summed E-state index contributed by atoms with van der Waals surface area (Å²) >= 11 is 0. The number of phenolic OH excluding ortho intramolecular Hbond substituents is 2. The number of hydrogen-bond donors (Lipinski definition) is 4. The van der Waals surface area contributed by atoms with E-state index in [0.717, 1.165) is 47.9 Å². The van der Waals surface area contributed by atoms with E-state index in [1.165, 1.54) is 88.2 Å². The van der Waals surface area contributed by atoms with E-state index in [1.54, 1.807) is 12.1 Å². The second-order valence-electron chi connectivity index (χ2n) is 19.4. The topological polar surface area (TPSA) is 90.2 Å². The van der Waals surface area contributed by atoms with E-state index in [1.807, 2.05) is 79.7 Å².